The van der Waals surface area contributed by atoms with Crippen LogP contribution in [0, 0.1) is 0 Å². The minimum Gasteiger partial charge on any atom is -0.302 e. The Hall–Kier alpha value is -0.900. The number of imide groups is 1. The molecule has 0 aliphatic carbocycles. The van der Waals surface area contributed by atoms with Crippen LogP contribution < -0.4 is 0 Å². The van der Waals surface area contributed by atoms with Crippen molar-refractivity contribution in [3.63, 3.8) is 0 Å². The summed E-state index contributed by atoms with van der Waals surface area (Å²) in [5.74, 6) is 0.0431. The summed E-state index contributed by atoms with van der Waals surface area (Å²) in [5.41, 5.74) is 0. The van der Waals surface area contributed by atoms with Crippen LogP contribution in [0.5, 0.6) is 0 Å². The summed E-state index contributed by atoms with van der Waals surface area (Å²) in [7, 11) is 0. The van der Waals surface area contributed by atoms with Crippen molar-refractivity contribution >= 4 is 11.8 Å². The zero-order valence-corrected chi connectivity index (χ0v) is 9.78. The number of amides is 2. The summed E-state index contributed by atoms with van der Waals surface area (Å²) in [5, 5.41) is 0. The lowest BCUT2D eigenvalue weighted by Crippen LogP contribution is -2.45. The molecular weight excluding hydrogens is 204 g/mol. The molecule has 90 valence electrons. The molecule has 2 fully saturated rings. The topological polar surface area (TPSA) is 40.6 Å². The highest BCUT2D eigenvalue weighted by Crippen LogP contribution is 2.13. The highest BCUT2D eigenvalue weighted by atomic mass is 16.2. The van der Waals surface area contributed by atoms with Gasteiger partial charge in [0.05, 0.1) is 0 Å². The van der Waals surface area contributed by atoms with Gasteiger partial charge in [0, 0.05) is 25.9 Å². The second-order valence-corrected chi connectivity index (χ2v) is 4.69. The van der Waals surface area contributed by atoms with Crippen LogP contribution in [0.3, 0.4) is 0 Å². The third-order valence-electron chi connectivity index (χ3n) is 3.47. The maximum Gasteiger partial charge on any atom is 0.229 e. The lowest BCUT2D eigenvalue weighted by Gasteiger charge is -2.30. The molecule has 0 radical (unpaired) electrons. The molecular formula is C12H20N2O2. The van der Waals surface area contributed by atoms with Gasteiger partial charge in [-0.05, 0) is 32.4 Å². The molecule has 2 aliphatic rings. The normalized spacial score (nSPS) is 23.9. The standard InChI is InChI=1S/C12H20N2O2/c15-11-5-4-6-12(16)14(11)10-9-13-7-2-1-3-8-13/h1-10H2. The van der Waals surface area contributed by atoms with Crippen LogP contribution in [0.25, 0.3) is 0 Å². The predicted molar refractivity (Wildman–Crippen MR) is 60.9 cm³/mol. The second kappa shape index (κ2) is 5.43. The maximum atomic E-state index is 11.6. The molecule has 2 aliphatic heterocycles. The molecule has 0 aromatic heterocycles. The smallest absolute Gasteiger partial charge is 0.229 e. The van der Waals surface area contributed by atoms with Crippen LogP contribution in [-0.4, -0.2) is 47.8 Å². The minimum absolute atomic E-state index is 0.0215. The fraction of sp³-hybridized carbons (Fsp3) is 0.833. The Labute approximate surface area is 96.6 Å². The summed E-state index contributed by atoms with van der Waals surface area (Å²) in [6, 6.07) is 0. The van der Waals surface area contributed by atoms with E-state index in [0.717, 1.165) is 26.1 Å². The molecule has 0 saturated carbocycles. The molecule has 0 aromatic carbocycles. The van der Waals surface area contributed by atoms with Gasteiger partial charge in [-0.1, -0.05) is 6.42 Å². The summed E-state index contributed by atoms with van der Waals surface area (Å²) < 4.78 is 0. The van der Waals surface area contributed by atoms with E-state index in [-0.39, 0.29) is 11.8 Å². The number of likely N-dealkylation sites (tertiary alicyclic amines) is 2. The van der Waals surface area contributed by atoms with Gasteiger partial charge in [0.1, 0.15) is 0 Å². The van der Waals surface area contributed by atoms with Crippen molar-refractivity contribution in [2.75, 3.05) is 26.2 Å². The second-order valence-electron chi connectivity index (χ2n) is 4.69. The average Bonchev–Trinajstić information content (AvgIpc) is 2.30. The van der Waals surface area contributed by atoms with E-state index >= 15 is 0 Å². The molecule has 4 heteroatoms. The third kappa shape index (κ3) is 2.82. The SMILES string of the molecule is O=C1CCCC(=O)N1CCN1CCCCC1. The lowest BCUT2D eigenvalue weighted by atomic mass is 10.1. The van der Waals surface area contributed by atoms with Gasteiger partial charge in [-0.3, -0.25) is 14.5 Å². The Morgan fingerprint density at radius 1 is 0.812 bits per heavy atom. The monoisotopic (exact) mass is 224 g/mol. The first-order chi connectivity index (χ1) is 7.77. The quantitative estimate of drug-likeness (QED) is 0.672. The van der Waals surface area contributed by atoms with Gasteiger partial charge < -0.3 is 4.90 Å². The van der Waals surface area contributed by atoms with Crippen molar-refractivity contribution < 1.29 is 9.59 Å². The van der Waals surface area contributed by atoms with Crippen molar-refractivity contribution in [1.82, 2.24) is 9.80 Å². The van der Waals surface area contributed by atoms with E-state index in [1.165, 1.54) is 24.2 Å². The molecule has 0 unspecified atom stereocenters. The molecule has 0 atom stereocenters. The van der Waals surface area contributed by atoms with Gasteiger partial charge >= 0.3 is 0 Å². The zero-order chi connectivity index (χ0) is 11.4. The van der Waals surface area contributed by atoms with Crippen LogP contribution >= 0.6 is 0 Å². The van der Waals surface area contributed by atoms with E-state index < -0.39 is 0 Å². The number of carbonyl (C=O) groups excluding carboxylic acids is 2. The largest absolute Gasteiger partial charge is 0.302 e. The van der Waals surface area contributed by atoms with Crippen LogP contribution in [0.15, 0.2) is 0 Å². The molecule has 4 nitrogen and oxygen atoms in total. The minimum atomic E-state index is 0.0215. The van der Waals surface area contributed by atoms with Crippen molar-refractivity contribution in [1.29, 1.82) is 0 Å². The Morgan fingerprint density at radius 2 is 1.44 bits per heavy atom. The van der Waals surface area contributed by atoms with Gasteiger partial charge in [0.25, 0.3) is 0 Å². The summed E-state index contributed by atoms with van der Waals surface area (Å²) in [4.78, 5) is 26.9. The third-order valence-corrected chi connectivity index (χ3v) is 3.47. The Morgan fingerprint density at radius 3 is 2.06 bits per heavy atom. The predicted octanol–water partition coefficient (Wildman–Crippen LogP) is 1.01. The van der Waals surface area contributed by atoms with Crippen LogP contribution in [0.1, 0.15) is 38.5 Å². The van der Waals surface area contributed by atoms with Crippen LogP contribution in [0.4, 0.5) is 0 Å². The van der Waals surface area contributed by atoms with Gasteiger partial charge in [0.15, 0.2) is 0 Å². The van der Waals surface area contributed by atoms with Gasteiger partial charge in [-0.2, -0.15) is 0 Å². The molecule has 2 rings (SSSR count). The summed E-state index contributed by atoms with van der Waals surface area (Å²) in [6.45, 7) is 3.70. The Bertz CT molecular complexity index is 256. The zero-order valence-electron chi connectivity index (χ0n) is 9.78. The molecule has 2 heterocycles. The van der Waals surface area contributed by atoms with Gasteiger partial charge in [-0.15, -0.1) is 0 Å². The van der Waals surface area contributed by atoms with E-state index in [0.29, 0.717) is 19.4 Å². The Kier molecular flexibility index (Phi) is 3.93. The number of rotatable bonds is 3. The van der Waals surface area contributed by atoms with E-state index in [1.807, 2.05) is 0 Å². The lowest BCUT2D eigenvalue weighted by molar-refractivity contribution is -0.148. The average molecular weight is 224 g/mol. The van der Waals surface area contributed by atoms with Crippen molar-refractivity contribution in [2.45, 2.75) is 38.5 Å². The maximum absolute atomic E-state index is 11.6. The first kappa shape index (κ1) is 11.6. The van der Waals surface area contributed by atoms with Crippen LogP contribution in [0.2, 0.25) is 0 Å². The van der Waals surface area contributed by atoms with Gasteiger partial charge in [0.2, 0.25) is 11.8 Å². The first-order valence-corrected chi connectivity index (χ1v) is 6.33. The molecule has 0 N–H and O–H groups in total. The Balaban J connectivity index is 1.78. The number of hydrogen-bond donors (Lipinski definition) is 0. The van der Waals surface area contributed by atoms with E-state index in [4.69, 9.17) is 0 Å². The molecule has 16 heavy (non-hydrogen) atoms. The fourth-order valence-electron chi connectivity index (χ4n) is 2.47. The summed E-state index contributed by atoms with van der Waals surface area (Å²) in [6.07, 6.45) is 5.65. The number of hydrogen-bond acceptors (Lipinski definition) is 3. The molecule has 0 spiro atoms. The van der Waals surface area contributed by atoms with Crippen molar-refractivity contribution in [2.24, 2.45) is 0 Å². The van der Waals surface area contributed by atoms with E-state index in [1.54, 1.807) is 0 Å². The number of nitrogens with zero attached hydrogens (tertiary/aromatic N) is 2. The van der Waals surface area contributed by atoms with E-state index in [2.05, 4.69) is 4.90 Å². The van der Waals surface area contributed by atoms with E-state index in [9.17, 15) is 9.59 Å². The first-order valence-electron chi connectivity index (χ1n) is 6.33. The summed E-state index contributed by atoms with van der Waals surface area (Å²) >= 11 is 0. The molecule has 0 bridgehead atoms. The highest BCUT2D eigenvalue weighted by molar-refractivity contribution is 5.97. The van der Waals surface area contributed by atoms with Crippen molar-refractivity contribution in [3.8, 4) is 0 Å². The molecule has 0 aromatic rings. The number of carbonyl (C=O) groups is 2. The molecule has 2 saturated heterocycles. The van der Waals surface area contributed by atoms with Gasteiger partial charge in [-0.25, -0.2) is 0 Å². The fourth-order valence-corrected chi connectivity index (χ4v) is 2.47. The van der Waals surface area contributed by atoms with Crippen LogP contribution in [-0.2, 0) is 9.59 Å². The molecule has 2 amide bonds. The highest BCUT2D eigenvalue weighted by Gasteiger charge is 2.25. The van der Waals surface area contributed by atoms with Crippen molar-refractivity contribution in [3.05, 3.63) is 0 Å². The number of piperidine rings is 2.